The normalized spacial score (nSPS) is 50.0. The Morgan fingerprint density at radius 2 is 1.84 bits per heavy atom. The number of carbonyl (C=O) groups is 1. The van der Waals surface area contributed by atoms with Crippen molar-refractivity contribution in [1.82, 2.24) is 0 Å². The van der Waals surface area contributed by atoms with E-state index in [4.69, 9.17) is 19.3 Å². The van der Waals surface area contributed by atoms with Gasteiger partial charge < -0.3 is 44.8 Å². The first-order chi connectivity index (χ1) is 20.3. The maximum atomic E-state index is 12.7. The number of hydrogen-bond acceptors (Lipinski definition) is 10. The van der Waals surface area contributed by atoms with Crippen molar-refractivity contribution in [3.63, 3.8) is 0 Å². The molecule has 10 heteroatoms. The minimum Gasteiger partial charge on any atom is -0.457 e. The predicted molar refractivity (Wildman–Crippen MR) is 154 cm³/mol. The Balaban J connectivity index is 1.15. The molecule has 6 rings (SSSR count). The SMILES string of the molecule is C[C@@H]1CC[C@@]2(OC1)O[C@H]1C[C@H]3[C@@H]4CC=C5C[C@@H](OC(=O)[C@@H](O)[C@@H](O)[C@H](O)[C@H](O)CO)[C@H](O)C[C@]5(C)[C@H]4CC[C@]3(C)[C@H]1[C@@H]2C. The van der Waals surface area contributed by atoms with E-state index in [-0.39, 0.29) is 16.9 Å². The summed E-state index contributed by atoms with van der Waals surface area (Å²) in [5.41, 5.74) is 1.11. The van der Waals surface area contributed by atoms with Gasteiger partial charge in [-0.05, 0) is 78.9 Å². The van der Waals surface area contributed by atoms with E-state index in [1.807, 2.05) is 0 Å². The summed E-state index contributed by atoms with van der Waals surface area (Å²) in [6, 6.07) is 0. The van der Waals surface area contributed by atoms with Crippen molar-refractivity contribution in [3.05, 3.63) is 11.6 Å². The largest absolute Gasteiger partial charge is 0.457 e. The van der Waals surface area contributed by atoms with Crippen LogP contribution < -0.4 is 0 Å². The molecule has 0 bridgehead atoms. The second-order valence-corrected chi connectivity index (χ2v) is 15.4. The van der Waals surface area contributed by atoms with E-state index in [1.54, 1.807) is 0 Å². The van der Waals surface area contributed by atoms with Gasteiger partial charge in [0.05, 0.1) is 25.4 Å². The Hall–Kier alpha value is -1.11. The second-order valence-electron chi connectivity index (χ2n) is 15.4. The first-order valence-corrected chi connectivity index (χ1v) is 16.5. The van der Waals surface area contributed by atoms with E-state index in [9.17, 15) is 30.3 Å². The zero-order chi connectivity index (χ0) is 31.1. The Kier molecular flexibility index (Phi) is 8.37. The Morgan fingerprint density at radius 3 is 2.51 bits per heavy atom. The van der Waals surface area contributed by atoms with Crippen LogP contribution in [-0.2, 0) is 19.0 Å². The lowest BCUT2D eigenvalue weighted by Crippen LogP contribution is -2.55. The van der Waals surface area contributed by atoms with Crippen molar-refractivity contribution >= 4 is 5.97 Å². The number of esters is 1. The van der Waals surface area contributed by atoms with Crippen molar-refractivity contribution in [3.8, 4) is 0 Å². The van der Waals surface area contributed by atoms with Crippen molar-refractivity contribution in [2.75, 3.05) is 13.2 Å². The Bertz CT molecular complexity index is 1090. The average Bonchev–Trinajstić information content (AvgIpc) is 3.42. The summed E-state index contributed by atoms with van der Waals surface area (Å²) >= 11 is 0. The highest BCUT2D eigenvalue weighted by molar-refractivity contribution is 5.75. The van der Waals surface area contributed by atoms with Gasteiger partial charge in [-0.1, -0.05) is 39.3 Å². The number of hydrogen-bond donors (Lipinski definition) is 6. The van der Waals surface area contributed by atoms with E-state index in [2.05, 4.69) is 33.8 Å². The molecule has 244 valence electrons. The van der Waals surface area contributed by atoms with Crippen LogP contribution in [0.4, 0.5) is 0 Å². The van der Waals surface area contributed by atoms with Crippen LogP contribution in [0.5, 0.6) is 0 Å². The van der Waals surface area contributed by atoms with Gasteiger partial charge in [-0.15, -0.1) is 0 Å². The number of fused-ring (bicyclic) bond motifs is 7. The van der Waals surface area contributed by atoms with E-state index in [0.29, 0.717) is 48.3 Å². The van der Waals surface area contributed by atoms with Crippen LogP contribution in [0.2, 0.25) is 0 Å². The molecule has 1 spiro atoms. The molecule has 3 saturated carbocycles. The van der Waals surface area contributed by atoms with Crippen LogP contribution in [-0.4, -0.2) is 98.3 Å². The quantitative estimate of drug-likeness (QED) is 0.193. The van der Waals surface area contributed by atoms with Crippen molar-refractivity contribution in [1.29, 1.82) is 0 Å². The van der Waals surface area contributed by atoms with Gasteiger partial charge in [-0.25, -0.2) is 4.79 Å². The van der Waals surface area contributed by atoms with Crippen LogP contribution in [0.3, 0.4) is 0 Å². The molecule has 10 nitrogen and oxygen atoms in total. The summed E-state index contributed by atoms with van der Waals surface area (Å²) in [6.45, 7) is 9.26. The lowest BCUT2D eigenvalue weighted by atomic mass is 9.46. The number of aliphatic hydroxyl groups is 6. The molecule has 0 unspecified atom stereocenters. The molecule has 2 heterocycles. The molecule has 4 aliphatic carbocycles. The molecule has 0 amide bonds. The molecular weight excluding hydrogens is 556 g/mol. The smallest absolute Gasteiger partial charge is 0.338 e. The van der Waals surface area contributed by atoms with Gasteiger partial charge in [0.25, 0.3) is 0 Å². The molecule has 0 radical (unpaired) electrons. The van der Waals surface area contributed by atoms with Gasteiger partial charge in [0.15, 0.2) is 11.9 Å². The lowest BCUT2D eigenvalue weighted by molar-refractivity contribution is -0.272. The Labute approximate surface area is 254 Å². The van der Waals surface area contributed by atoms with Gasteiger partial charge in [-0.3, -0.25) is 0 Å². The molecule has 0 aromatic heterocycles. The molecular formula is C33H52O10. The number of ether oxygens (including phenoxy) is 3. The van der Waals surface area contributed by atoms with E-state index < -0.39 is 55.0 Å². The van der Waals surface area contributed by atoms with Gasteiger partial charge >= 0.3 is 5.97 Å². The third kappa shape index (κ3) is 4.94. The van der Waals surface area contributed by atoms with Gasteiger partial charge in [0, 0.05) is 18.8 Å². The molecule has 6 aliphatic rings. The lowest BCUT2D eigenvalue weighted by Gasteiger charge is -2.59. The van der Waals surface area contributed by atoms with E-state index >= 15 is 0 Å². The summed E-state index contributed by atoms with van der Waals surface area (Å²) in [7, 11) is 0. The fraction of sp³-hybridized carbons (Fsp3) is 0.909. The van der Waals surface area contributed by atoms with Gasteiger partial charge in [-0.2, -0.15) is 0 Å². The molecule has 2 saturated heterocycles. The summed E-state index contributed by atoms with van der Waals surface area (Å²) < 4.78 is 18.8. The van der Waals surface area contributed by atoms with E-state index in [0.717, 1.165) is 50.7 Å². The minimum absolute atomic E-state index is 0.180. The van der Waals surface area contributed by atoms with Crippen LogP contribution in [0.25, 0.3) is 0 Å². The van der Waals surface area contributed by atoms with Gasteiger partial charge in [0.2, 0.25) is 0 Å². The van der Waals surface area contributed by atoms with Crippen LogP contribution >= 0.6 is 0 Å². The fourth-order valence-corrected chi connectivity index (χ4v) is 10.7. The number of aliphatic hydroxyl groups excluding tert-OH is 6. The molecule has 6 N–H and O–H groups in total. The molecule has 2 aliphatic heterocycles. The maximum absolute atomic E-state index is 12.7. The summed E-state index contributed by atoms with van der Waals surface area (Å²) in [5, 5.41) is 60.0. The number of allylic oxidation sites excluding steroid dienone is 1. The third-order valence-electron chi connectivity index (χ3n) is 13.1. The van der Waals surface area contributed by atoms with E-state index in [1.165, 1.54) is 0 Å². The molecule has 16 atom stereocenters. The first kappa shape index (κ1) is 31.9. The second kappa shape index (κ2) is 11.3. The average molecular weight is 609 g/mol. The van der Waals surface area contributed by atoms with Crippen molar-refractivity contribution in [2.45, 2.75) is 128 Å². The first-order valence-electron chi connectivity index (χ1n) is 16.5. The van der Waals surface area contributed by atoms with Crippen LogP contribution in [0, 0.1) is 46.3 Å². The number of carbonyl (C=O) groups excluding carboxylic acids is 1. The predicted octanol–water partition coefficient (Wildman–Crippen LogP) is 1.67. The number of rotatable bonds is 6. The highest BCUT2D eigenvalue weighted by Gasteiger charge is 2.69. The van der Waals surface area contributed by atoms with Crippen molar-refractivity contribution < 1.29 is 49.6 Å². The third-order valence-corrected chi connectivity index (χ3v) is 13.1. The molecule has 5 fully saturated rings. The topological polar surface area (TPSA) is 166 Å². The fourth-order valence-electron chi connectivity index (χ4n) is 10.7. The van der Waals surface area contributed by atoms with Crippen LogP contribution in [0.1, 0.15) is 79.1 Å². The summed E-state index contributed by atoms with van der Waals surface area (Å²) in [4.78, 5) is 12.7. The van der Waals surface area contributed by atoms with Crippen molar-refractivity contribution in [2.24, 2.45) is 46.3 Å². The van der Waals surface area contributed by atoms with Gasteiger partial charge in [0.1, 0.15) is 24.4 Å². The zero-order valence-corrected chi connectivity index (χ0v) is 26.0. The summed E-state index contributed by atoms with van der Waals surface area (Å²) in [5.74, 6) is 1.21. The molecule has 0 aromatic carbocycles. The monoisotopic (exact) mass is 608 g/mol. The van der Waals surface area contributed by atoms with Crippen LogP contribution in [0.15, 0.2) is 11.6 Å². The highest BCUT2D eigenvalue weighted by atomic mass is 16.7. The molecule has 43 heavy (non-hydrogen) atoms. The Morgan fingerprint density at radius 1 is 1.09 bits per heavy atom. The maximum Gasteiger partial charge on any atom is 0.338 e. The zero-order valence-electron chi connectivity index (χ0n) is 26.0. The summed E-state index contributed by atoms with van der Waals surface area (Å²) in [6.07, 6.45) is -0.124. The minimum atomic E-state index is -2.13. The highest BCUT2D eigenvalue weighted by Crippen LogP contribution is 2.70. The molecule has 0 aromatic rings. The standard InChI is InChI=1S/C33H52O10/c1-16-7-10-33(41-15-16)17(2)26-25(43-33)12-21-19-6-5-18-11-24(42-30(40)29(39)28(38)27(37)23(36)14-34)22(35)13-32(18,4)20(19)8-9-31(21,26)3/h5,16-17,19-29,34-39H,6-15H2,1-4H3/t16-,17+,19-,20+,21+,22-,23-,24-,25+,26+,27-,28+,29+,31+,32+,33-/m1/s1.